The summed E-state index contributed by atoms with van der Waals surface area (Å²) in [5, 5.41) is 9.00. The first kappa shape index (κ1) is 14.2. The van der Waals surface area contributed by atoms with Gasteiger partial charge >= 0.3 is 0 Å². The first-order valence-corrected chi connectivity index (χ1v) is 6.29. The molecule has 1 aromatic carbocycles. The van der Waals surface area contributed by atoms with E-state index in [0.717, 1.165) is 10.0 Å². The molecule has 0 bridgehead atoms. The molecule has 5 heteroatoms. The molecule has 1 atom stereocenters. The van der Waals surface area contributed by atoms with Gasteiger partial charge in [0, 0.05) is 11.0 Å². The fourth-order valence-electron chi connectivity index (χ4n) is 1.83. The number of rotatable bonds is 6. The van der Waals surface area contributed by atoms with E-state index in [1.807, 2.05) is 36.1 Å². The Labute approximate surface area is 110 Å². The number of carbonyl (C=O) groups excluding carboxylic acids is 1. The van der Waals surface area contributed by atoms with E-state index in [4.69, 9.17) is 10.8 Å². The van der Waals surface area contributed by atoms with Gasteiger partial charge in [0.15, 0.2) is 0 Å². The molecule has 3 N–H and O–H groups in total. The lowest BCUT2D eigenvalue weighted by Gasteiger charge is -2.28. The second kappa shape index (κ2) is 6.74. The van der Waals surface area contributed by atoms with Crippen molar-refractivity contribution in [1.82, 2.24) is 4.90 Å². The average molecular weight is 301 g/mol. The molecular formula is C12H17BrN2O2. The zero-order valence-corrected chi connectivity index (χ0v) is 11.4. The molecule has 0 spiro atoms. The third kappa shape index (κ3) is 3.80. The number of aliphatic hydroxyl groups excluding tert-OH is 1. The average Bonchev–Trinajstić information content (AvgIpc) is 2.28. The van der Waals surface area contributed by atoms with Crippen LogP contribution in [0.25, 0.3) is 0 Å². The number of amides is 1. The summed E-state index contributed by atoms with van der Waals surface area (Å²) in [6.07, 6.45) is 0. The van der Waals surface area contributed by atoms with Gasteiger partial charge in [0.2, 0.25) is 5.91 Å². The van der Waals surface area contributed by atoms with Gasteiger partial charge in [-0.1, -0.05) is 35.0 Å². The summed E-state index contributed by atoms with van der Waals surface area (Å²) in [5.74, 6) is -0.404. The summed E-state index contributed by atoms with van der Waals surface area (Å²) in [6, 6.07) is 6.99. The van der Waals surface area contributed by atoms with Gasteiger partial charge in [0.05, 0.1) is 6.61 Å². The number of hydrogen-bond donors (Lipinski definition) is 2. The molecule has 0 saturated carbocycles. The van der Waals surface area contributed by atoms with Crippen molar-refractivity contribution in [3.8, 4) is 0 Å². The molecule has 0 fully saturated rings. The number of benzene rings is 1. The summed E-state index contributed by atoms with van der Waals surface area (Å²) in [6.45, 7) is 3.02. The minimum Gasteiger partial charge on any atom is -0.395 e. The molecule has 4 nitrogen and oxygen atoms in total. The highest BCUT2D eigenvalue weighted by atomic mass is 79.9. The third-order valence-corrected chi connectivity index (χ3v) is 3.09. The van der Waals surface area contributed by atoms with Gasteiger partial charge in [-0.05, 0) is 24.2 Å². The number of nitrogens with zero attached hydrogens (tertiary/aromatic N) is 1. The summed E-state index contributed by atoms with van der Waals surface area (Å²) in [5.41, 5.74) is 6.28. The highest BCUT2D eigenvalue weighted by Gasteiger charge is 2.24. The molecule has 1 amide bonds. The molecule has 94 valence electrons. The van der Waals surface area contributed by atoms with Gasteiger partial charge < -0.3 is 10.8 Å². The maximum atomic E-state index is 11.6. The van der Waals surface area contributed by atoms with Crippen LogP contribution in [0, 0.1) is 0 Å². The number of primary amides is 1. The Morgan fingerprint density at radius 2 is 2.29 bits per heavy atom. The zero-order valence-electron chi connectivity index (χ0n) is 9.77. The second-order valence-electron chi connectivity index (χ2n) is 3.71. The van der Waals surface area contributed by atoms with Crippen LogP contribution >= 0.6 is 15.9 Å². The standard InChI is InChI=1S/C12H17BrN2O2/c1-2-15(6-7-16)11(12(14)17)9-4-3-5-10(13)8-9/h3-5,8,11,16H,2,6-7H2,1H3,(H2,14,17). The summed E-state index contributed by atoms with van der Waals surface area (Å²) in [7, 11) is 0. The highest BCUT2D eigenvalue weighted by Crippen LogP contribution is 2.23. The Morgan fingerprint density at radius 3 is 2.76 bits per heavy atom. The second-order valence-corrected chi connectivity index (χ2v) is 4.63. The van der Waals surface area contributed by atoms with Gasteiger partial charge in [-0.2, -0.15) is 0 Å². The summed E-state index contributed by atoms with van der Waals surface area (Å²) in [4.78, 5) is 13.4. The number of halogens is 1. The van der Waals surface area contributed by atoms with Crippen LogP contribution in [-0.4, -0.2) is 35.6 Å². The van der Waals surface area contributed by atoms with Crippen molar-refractivity contribution in [3.63, 3.8) is 0 Å². The molecule has 1 rings (SSSR count). The zero-order chi connectivity index (χ0) is 12.8. The van der Waals surface area contributed by atoms with E-state index in [9.17, 15) is 4.79 Å². The quantitative estimate of drug-likeness (QED) is 0.832. The van der Waals surface area contributed by atoms with Crippen LogP contribution in [0.2, 0.25) is 0 Å². The van der Waals surface area contributed by atoms with E-state index >= 15 is 0 Å². The largest absolute Gasteiger partial charge is 0.395 e. The normalized spacial score (nSPS) is 12.7. The molecule has 0 aliphatic carbocycles. The Hall–Kier alpha value is -0.910. The van der Waals surface area contributed by atoms with E-state index in [0.29, 0.717) is 13.1 Å². The molecular weight excluding hydrogens is 284 g/mol. The summed E-state index contributed by atoms with van der Waals surface area (Å²) < 4.78 is 0.904. The van der Waals surface area contributed by atoms with E-state index < -0.39 is 11.9 Å². The van der Waals surface area contributed by atoms with E-state index in [-0.39, 0.29) is 6.61 Å². The van der Waals surface area contributed by atoms with Gasteiger partial charge in [-0.25, -0.2) is 0 Å². The van der Waals surface area contributed by atoms with Crippen LogP contribution in [0.15, 0.2) is 28.7 Å². The van der Waals surface area contributed by atoms with Crippen LogP contribution in [0.4, 0.5) is 0 Å². The van der Waals surface area contributed by atoms with E-state index in [1.165, 1.54) is 0 Å². The van der Waals surface area contributed by atoms with Gasteiger partial charge in [-0.15, -0.1) is 0 Å². The number of aliphatic hydroxyl groups is 1. The van der Waals surface area contributed by atoms with Crippen LogP contribution in [0.5, 0.6) is 0 Å². The Morgan fingerprint density at radius 1 is 1.59 bits per heavy atom. The smallest absolute Gasteiger partial charge is 0.239 e. The first-order chi connectivity index (χ1) is 8.10. The van der Waals surface area contributed by atoms with Crippen molar-refractivity contribution < 1.29 is 9.90 Å². The number of nitrogens with two attached hydrogens (primary N) is 1. The van der Waals surface area contributed by atoms with E-state index in [1.54, 1.807) is 0 Å². The Bertz CT molecular complexity index is 385. The molecule has 1 aromatic rings. The topological polar surface area (TPSA) is 66.6 Å². The van der Waals surface area contributed by atoms with Crippen molar-refractivity contribution in [2.75, 3.05) is 19.7 Å². The lowest BCUT2D eigenvalue weighted by atomic mass is 10.0. The van der Waals surface area contributed by atoms with Crippen LogP contribution in [0.1, 0.15) is 18.5 Å². The Kier molecular flexibility index (Phi) is 5.61. The molecule has 0 saturated heterocycles. The number of carbonyl (C=O) groups is 1. The molecule has 0 radical (unpaired) electrons. The summed E-state index contributed by atoms with van der Waals surface area (Å²) >= 11 is 3.37. The molecule has 17 heavy (non-hydrogen) atoms. The lowest BCUT2D eigenvalue weighted by Crippen LogP contribution is -2.39. The highest BCUT2D eigenvalue weighted by molar-refractivity contribution is 9.10. The maximum absolute atomic E-state index is 11.6. The fraction of sp³-hybridized carbons (Fsp3) is 0.417. The third-order valence-electron chi connectivity index (χ3n) is 2.59. The van der Waals surface area contributed by atoms with Crippen molar-refractivity contribution in [3.05, 3.63) is 34.3 Å². The fourth-order valence-corrected chi connectivity index (χ4v) is 2.25. The predicted molar refractivity (Wildman–Crippen MR) is 70.4 cm³/mol. The SMILES string of the molecule is CCN(CCO)C(C(N)=O)c1cccc(Br)c1. The molecule has 0 aliphatic rings. The van der Waals surface area contributed by atoms with Crippen molar-refractivity contribution in [2.24, 2.45) is 5.73 Å². The van der Waals surface area contributed by atoms with Crippen LogP contribution in [0.3, 0.4) is 0 Å². The van der Waals surface area contributed by atoms with Gasteiger partial charge in [0.1, 0.15) is 6.04 Å². The molecule has 0 heterocycles. The lowest BCUT2D eigenvalue weighted by molar-refractivity contribution is -0.123. The molecule has 1 unspecified atom stereocenters. The van der Waals surface area contributed by atoms with Crippen molar-refractivity contribution in [1.29, 1.82) is 0 Å². The number of likely N-dealkylation sites (N-methyl/N-ethyl adjacent to an activating group) is 1. The van der Waals surface area contributed by atoms with Crippen LogP contribution < -0.4 is 5.73 Å². The first-order valence-electron chi connectivity index (χ1n) is 5.49. The van der Waals surface area contributed by atoms with E-state index in [2.05, 4.69) is 15.9 Å². The number of hydrogen-bond acceptors (Lipinski definition) is 3. The monoisotopic (exact) mass is 300 g/mol. The van der Waals surface area contributed by atoms with Crippen molar-refractivity contribution in [2.45, 2.75) is 13.0 Å². The van der Waals surface area contributed by atoms with Crippen molar-refractivity contribution >= 4 is 21.8 Å². The van der Waals surface area contributed by atoms with Gasteiger partial charge in [-0.3, -0.25) is 9.69 Å². The van der Waals surface area contributed by atoms with Crippen LogP contribution in [-0.2, 0) is 4.79 Å². The Balaban J connectivity index is 3.03. The minimum absolute atomic E-state index is 0.00558. The molecule has 0 aromatic heterocycles. The predicted octanol–water partition coefficient (Wildman–Crippen LogP) is 1.29. The molecule has 0 aliphatic heterocycles. The minimum atomic E-state index is -0.496. The maximum Gasteiger partial charge on any atom is 0.239 e. The van der Waals surface area contributed by atoms with Gasteiger partial charge in [0.25, 0.3) is 0 Å².